The molecule has 1 aromatic rings. The van der Waals surface area contributed by atoms with E-state index in [1.807, 2.05) is 13.8 Å². The highest BCUT2D eigenvalue weighted by Gasteiger charge is 2.62. The van der Waals surface area contributed by atoms with Crippen molar-refractivity contribution in [1.29, 1.82) is 0 Å². The van der Waals surface area contributed by atoms with Crippen LogP contribution in [0, 0.1) is 23.2 Å². The molecule has 2 aliphatic carbocycles. The zero-order valence-corrected chi connectivity index (χ0v) is 23.8. The summed E-state index contributed by atoms with van der Waals surface area (Å²) in [6, 6.07) is 8.56. The molecule has 0 aliphatic heterocycles. The van der Waals surface area contributed by atoms with E-state index in [0.717, 1.165) is 0 Å². The van der Waals surface area contributed by atoms with Crippen LogP contribution in [0.2, 0.25) is 0 Å². The van der Waals surface area contributed by atoms with E-state index in [2.05, 4.69) is 0 Å². The summed E-state index contributed by atoms with van der Waals surface area (Å²) in [6.07, 6.45) is 2.53. The van der Waals surface area contributed by atoms with E-state index in [0.29, 0.717) is 11.1 Å². The van der Waals surface area contributed by atoms with Crippen LogP contribution in [-0.2, 0) is 28.6 Å². The summed E-state index contributed by atoms with van der Waals surface area (Å²) in [5, 5.41) is 11.0. The smallest absolute Gasteiger partial charge is 0.338 e. The molecule has 212 valence electrons. The van der Waals surface area contributed by atoms with Crippen LogP contribution in [0.3, 0.4) is 0 Å². The van der Waals surface area contributed by atoms with Gasteiger partial charge in [0.2, 0.25) is 0 Å². The van der Waals surface area contributed by atoms with Crippen LogP contribution in [0.5, 0.6) is 0 Å². The van der Waals surface area contributed by atoms with Crippen molar-refractivity contribution in [3.8, 4) is 0 Å². The minimum Gasteiger partial charge on any atom is -0.458 e. The lowest BCUT2D eigenvalue weighted by molar-refractivity contribution is -0.195. The predicted octanol–water partition coefficient (Wildman–Crippen LogP) is 4.60. The van der Waals surface area contributed by atoms with Crippen molar-refractivity contribution in [3.05, 3.63) is 59.7 Å². The number of fused-ring (bicyclic) bond motifs is 1. The second kappa shape index (κ2) is 11.9. The molecule has 1 aromatic carbocycles. The molecule has 3 rings (SSSR count). The number of carbonyl (C=O) groups excluding carboxylic acids is 4. The molecule has 1 fully saturated rings. The number of aliphatic hydroxyl groups excluding tert-OH is 1. The Morgan fingerprint density at radius 1 is 1.00 bits per heavy atom. The first-order valence-corrected chi connectivity index (χ1v) is 13.4. The first kappa shape index (κ1) is 30.3. The van der Waals surface area contributed by atoms with E-state index in [1.54, 1.807) is 69.3 Å². The Labute approximate surface area is 230 Å². The predicted molar refractivity (Wildman–Crippen MR) is 144 cm³/mol. The number of ether oxygens (including phenoxy) is 3. The van der Waals surface area contributed by atoms with Gasteiger partial charge in [0, 0.05) is 31.6 Å². The molecular weight excluding hydrogens is 500 g/mol. The van der Waals surface area contributed by atoms with Crippen molar-refractivity contribution in [1.82, 2.24) is 0 Å². The van der Waals surface area contributed by atoms with Gasteiger partial charge < -0.3 is 19.3 Å². The maximum Gasteiger partial charge on any atom is 0.338 e. The number of rotatable bonds is 4. The molecule has 0 saturated heterocycles. The molecule has 0 radical (unpaired) electrons. The topological polar surface area (TPSA) is 116 Å². The van der Waals surface area contributed by atoms with Gasteiger partial charge in [-0.05, 0) is 50.8 Å². The molecule has 1 saturated carbocycles. The van der Waals surface area contributed by atoms with E-state index >= 15 is 0 Å². The number of carbonyl (C=O) groups is 4. The van der Waals surface area contributed by atoms with Crippen LogP contribution in [0.4, 0.5) is 0 Å². The normalized spacial score (nSPS) is 34.8. The Morgan fingerprint density at radius 2 is 1.64 bits per heavy atom. The molecule has 2 aliphatic rings. The van der Waals surface area contributed by atoms with Gasteiger partial charge in [0.1, 0.15) is 18.0 Å². The summed E-state index contributed by atoms with van der Waals surface area (Å²) >= 11 is 0. The highest BCUT2D eigenvalue weighted by molar-refractivity contribution is 5.89. The van der Waals surface area contributed by atoms with E-state index < -0.39 is 59.1 Å². The molecule has 8 nitrogen and oxygen atoms in total. The van der Waals surface area contributed by atoms with Crippen molar-refractivity contribution in [2.24, 2.45) is 23.2 Å². The van der Waals surface area contributed by atoms with E-state index in [9.17, 15) is 24.3 Å². The molecule has 0 unspecified atom stereocenters. The maximum absolute atomic E-state index is 13.2. The summed E-state index contributed by atoms with van der Waals surface area (Å²) in [5.41, 5.74) is -1.46. The average molecular weight is 541 g/mol. The van der Waals surface area contributed by atoms with Crippen LogP contribution < -0.4 is 0 Å². The fraction of sp³-hybridized carbons (Fsp3) is 0.548. The number of hydrogen-bond acceptors (Lipinski definition) is 8. The minimum absolute atomic E-state index is 0.112. The number of benzene rings is 1. The molecule has 39 heavy (non-hydrogen) atoms. The Bertz CT molecular complexity index is 1150. The molecule has 0 spiro atoms. The van der Waals surface area contributed by atoms with E-state index in [1.165, 1.54) is 13.8 Å². The molecule has 8 heteroatoms. The summed E-state index contributed by atoms with van der Waals surface area (Å²) < 4.78 is 18.0. The Kier molecular flexibility index (Phi) is 9.21. The Balaban J connectivity index is 2.23. The molecule has 7 atom stereocenters. The third-order valence-electron chi connectivity index (χ3n) is 7.84. The quantitative estimate of drug-likeness (QED) is 0.335. The summed E-state index contributed by atoms with van der Waals surface area (Å²) in [4.78, 5) is 51.2. The molecular formula is C31H40O8. The monoisotopic (exact) mass is 540 g/mol. The van der Waals surface area contributed by atoms with Crippen LogP contribution >= 0.6 is 0 Å². The highest BCUT2D eigenvalue weighted by atomic mass is 16.6. The number of hydrogen-bond donors (Lipinski definition) is 1. The van der Waals surface area contributed by atoms with Gasteiger partial charge in [0.15, 0.2) is 5.60 Å². The van der Waals surface area contributed by atoms with E-state index in [4.69, 9.17) is 14.2 Å². The van der Waals surface area contributed by atoms with Gasteiger partial charge in [-0.15, -0.1) is 0 Å². The number of aliphatic hydroxyl groups is 1. The SMILES string of the molecule is CC(=O)O[C@H]1[C@@H](C)/C=C\C(C)(C)C(=O)C[C@@H](O)/C(C)=C\[C@H]2[C@@H](OC(=O)c3ccccc3)[C@@H](C)C[C@]21OC(C)=O. The first-order chi connectivity index (χ1) is 18.2. The molecule has 0 heterocycles. The molecule has 0 amide bonds. The van der Waals surface area contributed by atoms with Crippen LogP contribution in [-0.4, -0.2) is 52.7 Å². The Morgan fingerprint density at radius 3 is 2.23 bits per heavy atom. The van der Waals surface area contributed by atoms with Crippen molar-refractivity contribution in [2.75, 3.05) is 0 Å². The number of ketones is 1. The van der Waals surface area contributed by atoms with Crippen LogP contribution in [0.1, 0.15) is 71.7 Å². The van der Waals surface area contributed by atoms with Gasteiger partial charge in [-0.2, -0.15) is 0 Å². The van der Waals surface area contributed by atoms with Crippen molar-refractivity contribution in [3.63, 3.8) is 0 Å². The lowest BCUT2D eigenvalue weighted by Crippen LogP contribution is -2.55. The number of Topliss-reactive ketones (excluding diaryl/α,β-unsaturated/α-hetero) is 1. The fourth-order valence-electron chi connectivity index (χ4n) is 5.73. The fourth-order valence-corrected chi connectivity index (χ4v) is 5.73. The zero-order valence-electron chi connectivity index (χ0n) is 23.8. The van der Waals surface area contributed by atoms with Gasteiger partial charge in [-0.25, -0.2) is 4.79 Å². The second-order valence-corrected chi connectivity index (χ2v) is 11.5. The minimum atomic E-state index is -1.41. The van der Waals surface area contributed by atoms with Gasteiger partial charge in [-0.1, -0.05) is 50.3 Å². The third kappa shape index (κ3) is 6.67. The standard InChI is InChI=1S/C31H40O8/c1-18-13-14-30(6,7)26(35)16-25(34)19(2)15-24-27(38-29(36)23-11-9-8-10-12-23)20(3)17-31(24,39-22(5)33)28(18)37-21(4)32/h8-15,18,20,24-25,27-28,34H,16-17H2,1-7H3/b14-13-,19-15-/t18-,20-,24-,25+,27-,28-,31-/m0/s1. The second-order valence-electron chi connectivity index (χ2n) is 11.5. The molecule has 0 aromatic heterocycles. The van der Waals surface area contributed by atoms with Crippen LogP contribution in [0.25, 0.3) is 0 Å². The van der Waals surface area contributed by atoms with Crippen molar-refractivity contribution in [2.45, 2.75) is 85.2 Å². The first-order valence-electron chi connectivity index (χ1n) is 13.4. The lowest BCUT2D eigenvalue weighted by atomic mass is 9.75. The van der Waals surface area contributed by atoms with Gasteiger partial charge in [-0.3, -0.25) is 14.4 Å². The van der Waals surface area contributed by atoms with Crippen molar-refractivity contribution >= 4 is 23.7 Å². The third-order valence-corrected chi connectivity index (χ3v) is 7.84. The zero-order chi connectivity index (χ0) is 29.1. The van der Waals surface area contributed by atoms with Crippen LogP contribution in [0.15, 0.2) is 54.1 Å². The lowest BCUT2D eigenvalue weighted by Gasteiger charge is -2.43. The van der Waals surface area contributed by atoms with Gasteiger partial charge in [0.05, 0.1) is 17.6 Å². The maximum atomic E-state index is 13.2. The van der Waals surface area contributed by atoms with Crippen molar-refractivity contribution < 1.29 is 38.5 Å². The van der Waals surface area contributed by atoms with Gasteiger partial charge >= 0.3 is 17.9 Å². The highest BCUT2D eigenvalue weighted by Crippen LogP contribution is 2.51. The summed E-state index contributed by atoms with van der Waals surface area (Å²) in [5.74, 6) is -3.40. The number of allylic oxidation sites excluding steroid dienone is 1. The largest absolute Gasteiger partial charge is 0.458 e. The Hall–Kier alpha value is -3.26. The summed E-state index contributed by atoms with van der Waals surface area (Å²) in [7, 11) is 0. The molecule has 0 bridgehead atoms. The number of esters is 3. The summed E-state index contributed by atoms with van der Waals surface area (Å²) in [6.45, 7) is 11.5. The average Bonchev–Trinajstić information content (AvgIpc) is 3.10. The van der Waals surface area contributed by atoms with Gasteiger partial charge in [0.25, 0.3) is 0 Å². The van der Waals surface area contributed by atoms with E-state index in [-0.39, 0.29) is 24.5 Å². The molecule has 1 N–H and O–H groups in total.